The van der Waals surface area contributed by atoms with Gasteiger partial charge in [-0.25, -0.2) is 0 Å². The second kappa shape index (κ2) is 5.00. The van der Waals surface area contributed by atoms with Crippen LogP contribution >= 0.6 is 15.9 Å². The molecule has 0 spiro atoms. The minimum atomic E-state index is 0.108. The van der Waals surface area contributed by atoms with Crippen molar-refractivity contribution in [1.82, 2.24) is 4.90 Å². The zero-order chi connectivity index (χ0) is 11.5. The number of carbonyl (C=O) groups is 1. The summed E-state index contributed by atoms with van der Waals surface area (Å²) in [5.41, 5.74) is 2.55. The molecule has 86 valence electrons. The number of nitrogens with zero attached hydrogens (tertiary/aromatic N) is 1. The van der Waals surface area contributed by atoms with Crippen LogP contribution in [0.5, 0.6) is 0 Å². The molecule has 3 heteroatoms. The molecule has 2 rings (SSSR count). The van der Waals surface area contributed by atoms with Gasteiger partial charge in [-0.3, -0.25) is 4.79 Å². The second-order valence-corrected chi connectivity index (χ2v) is 5.05. The van der Waals surface area contributed by atoms with Crippen LogP contribution in [0.15, 0.2) is 24.3 Å². The maximum Gasteiger partial charge on any atom is 0.230 e. The van der Waals surface area contributed by atoms with E-state index < -0.39 is 0 Å². The first-order valence-corrected chi connectivity index (χ1v) is 6.75. The lowest BCUT2D eigenvalue weighted by Crippen LogP contribution is -2.37. The summed E-state index contributed by atoms with van der Waals surface area (Å²) in [6.07, 6.45) is 1.92. The monoisotopic (exact) mass is 281 g/mol. The van der Waals surface area contributed by atoms with E-state index in [2.05, 4.69) is 28.1 Å². The first kappa shape index (κ1) is 11.6. The molecule has 1 atom stereocenters. The first-order chi connectivity index (χ1) is 7.74. The van der Waals surface area contributed by atoms with Crippen molar-refractivity contribution in [1.29, 1.82) is 0 Å². The summed E-state index contributed by atoms with van der Waals surface area (Å²) in [7, 11) is 1.89. The number of amides is 1. The Hall–Kier alpha value is -0.830. The first-order valence-electron chi connectivity index (χ1n) is 5.62. The fourth-order valence-electron chi connectivity index (χ4n) is 2.15. The number of carbonyl (C=O) groups excluding carboxylic acids is 1. The number of halogens is 1. The third-order valence-corrected chi connectivity index (χ3v) is 3.72. The van der Waals surface area contributed by atoms with Crippen LogP contribution in [-0.4, -0.2) is 29.7 Å². The number of benzene rings is 1. The maximum atomic E-state index is 12.1. The van der Waals surface area contributed by atoms with Crippen LogP contribution in [-0.2, 0) is 11.2 Å². The van der Waals surface area contributed by atoms with E-state index in [1.54, 1.807) is 0 Å². The van der Waals surface area contributed by atoms with Gasteiger partial charge in [-0.15, -0.1) is 0 Å². The van der Waals surface area contributed by atoms with Crippen LogP contribution in [0.1, 0.15) is 23.5 Å². The average Bonchev–Trinajstić information content (AvgIpc) is 2.27. The van der Waals surface area contributed by atoms with Crippen molar-refractivity contribution >= 4 is 21.8 Å². The quantitative estimate of drug-likeness (QED) is 0.777. The van der Waals surface area contributed by atoms with Gasteiger partial charge in [0, 0.05) is 18.9 Å². The molecule has 0 aliphatic heterocycles. The van der Waals surface area contributed by atoms with Gasteiger partial charge >= 0.3 is 0 Å². The van der Waals surface area contributed by atoms with Gasteiger partial charge in [0.15, 0.2) is 0 Å². The molecule has 0 N–H and O–H groups in total. The molecule has 1 aliphatic rings. The molecule has 1 aromatic carbocycles. The fourth-order valence-corrected chi connectivity index (χ4v) is 2.40. The Bertz CT molecular complexity index is 391. The highest BCUT2D eigenvalue weighted by Gasteiger charge is 2.33. The predicted octanol–water partition coefficient (Wildman–Crippen LogP) is 2.57. The van der Waals surface area contributed by atoms with Crippen molar-refractivity contribution in [2.45, 2.75) is 18.8 Å². The van der Waals surface area contributed by atoms with Gasteiger partial charge < -0.3 is 4.90 Å². The molecule has 0 heterocycles. The van der Waals surface area contributed by atoms with Crippen LogP contribution in [0.25, 0.3) is 0 Å². The highest BCUT2D eigenvalue weighted by atomic mass is 79.9. The Balaban J connectivity index is 1.98. The van der Waals surface area contributed by atoms with Crippen molar-refractivity contribution in [3.63, 3.8) is 0 Å². The standard InChI is InChI=1S/C13H16BrNO/c1-15(8-4-7-14)13(16)12-9-10-5-2-3-6-11(10)12/h2-3,5-6,12H,4,7-9H2,1H3. The highest BCUT2D eigenvalue weighted by molar-refractivity contribution is 9.09. The molecule has 1 aliphatic carbocycles. The second-order valence-electron chi connectivity index (χ2n) is 4.26. The zero-order valence-electron chi connectivity index (χ0n) is 9.45. The van der Waals surface area contributed by atoms with E-state index >= 15 is 0 Å². The fraction of sp³-hybridized carbons (Fsp3) is 0.462. The molecule has 1 aromatic rings. The van der Waals surface area contributed by atoms with Gasteiger partial charge in [-0.1, -0.05) is 40.2 Å². The topological polar surface area (TPSA) is 20.3 Å². The molecule has 0 aromatic heterocycles. The highest BCUT2D eigenvalue weighted by Crippen LogP contribution is 2.35. The summed E-state index contributed by atoms with van der Waals surface area (Å²) in [6.45, 7) is 0.836. The molecule has 0 saturated carbocycles. The van der Waals surface area contributed by atoms with Gasteiger partial charge in [-0.2, -0.15) is 0 Å². The number of rotatable bonds is 4. The maximum absolute atomic E-state index is 12.1. The van der Waals surface area contributed by atoms with E-state index in [1.165, 1.54) is 11.1 Å². The van der Waals surface area contributed by atoms with Crippen LogP contribution in [0, 0.1) is 0 Å². The lowest BCUT2D eigenvalue weighted by Gasteiger charge is -2.32. The van der Waals surface area contributed by atoms with E-state index in [0.29, 0.717) is 0 Å². The van der Waals surface area contributed by atoms with Crippen LogP contribution in [0.3, 0.4) is 0 Å². The Morgan fingerprint density at radius 1 is 1.50 bits per heavy atom. The number of hydrogen-bond donors (Lipinski definition) is 0. The Morgan fingerprint density at radius 2 is 2.25 bits per heavy atom. The van der Waals surface area contributed by atoms with Gasteiger partial charge in [0.25, 0.3) is 0 Å². The van der Waals surface area contributed by atoms with E-state index in [4.69, 9.17) is 0 Å². The van der Waals surface area contributed by atoms with Crippen molar-refractivity contribution in [2.75, 3.05) is 18.9 Å². The van der Waals surface area contributed by atoms with Crippen molar-refractivity contribution in [2.24, 2.45) is 0 Å². The molecule has 2 nitrogen and oxygen atoms in total. The Kier molecular flexibility index (Phi) is 3.64. The van der Waals surface area contributed by atoms with Crippen molar-refractivity contribution in [3.8, 4) is 0 Å². The molecule has 16 heavy (non-hydrogen) atoms. The van der Waals surface area contributed by atoms with E-state index in [1.807, 2.05) is 24.1 Å². The minimum absolute atomic E-state index is 0.108. The number of fused-ring (bicyclic) bond motifs is 1. The lowest BCUT2D eigenvalue weighted by atomic mass is 9.77. The Morgan fingerprint density at radius 3 is 2.94 bits per heavy atom. The molecule has 0 bridgehead atoms. The molecule has 1 unspecified atom stereocenters. The molecular formula is C13H16BrNO. The summed E-state index contributed by atoms with van der Waals surface area (Å²) < 4.78 is 0. The predicted molar refractivity (Wildman–Crippen MR) is 68.9 cm³/mol. The zero-order valence-corrected chi connectivity index (χ0v) is 11.0. The SMILES string of the molecule is CN(CCCBr)C(=O)C1Cc2ccccc21. The molecule has 0 fully saturated rings. The number of likely N-dealkylation sites (N-methyl/N-ethyl adjacent to an activating group) is 1. The molecular weight excluding hydrogens is 266 g/mol. The summed E-state index contributed by atoms with van der Waals surface area (Å²) >= 11 is 3.38. The summed E-state index contributed by atoms with van der Waals surface area (Å²) in [4.78, 5) is 14.0. The van der Waals surface area contributed by atoms with Gasteiger partial charge in [0.05, 0.1) is 5.92 Å². The normalized spacial score (nSPS) is 17.5. The summed E-state index contributed by atoms with van der Waals surface area (Å²) in [5, 5.41) is 0.950. The van der Waals surface area contributed by atoms with Crippen LogP contribution in [0.2, 0.25) is 0 Å². The summed E-state index contributed by atoms with van der Waals surface area (Å²) in [6, 6.07) is 8.22. The van der Waals surface area contributed by atoms with E-state index in [-0.39, 0.29) is 11.8 Å². The lowest BCUT2D eigenvalue weighted by molar-refractivity contribution is -0.132. The largest absolute Gasteiger partial charge is 0.345 e. The van der Waals surface area contributed by atoms with E-state index in [9.17, 15) is 4.79 Å². The molecule has 0 saturated heterocycles. The van der Waals surface area contributed by atoms with Gasteiger partial charge in [-0.05, 0) is 24.0 Å². The van der Waals surface area contributed by atoms with Crippen LogP contribution < -0.4 is 0 Å². The number of hydrogen-bond acceptors (Lipinski definition) is 1. The Labute approximate surface area is 105 Å². The third-order valence-electron chi connectivity index (χ3n) is 3.16. The average molecular weight is 282 g/mol. The van der Waals surface area contributed by atoms with Crippen molar-refractivity contribution < 1.29 is 4.79 Å². The van der Waals surface area contributed by atoms with Crippen molar-refractivity contribution in [3.05, 3.63) is 35.4 Å². The molecule has 0 radical (unpaired) electrons. The summed E-state index contributed by atoms with van der Waals surface area (Å²) in [5.74, 6) is 0.371. The van der Waals surface area contributed by atoms with E-state index in [0.717, 1.165) is 24.7 Å². The molecule has 1 amide bonds. The smallest absolute Gasteiger partial charge is 0.230 e. The third kappa shape index (κ3) is 2.14. The van der Waals surface area contributed by atoms with Gasteiger partial charge in [0.1, 0.15) is 0 Å². The minimum Gasteiger partial charge on any atom is -0.345 e. The van der Waals surface area contributed by atoms with Gasteiger partial charge in [0.2, 0.25) is 5.91 Å². The number of alkyl halides is 1. The van der Waals surface area contributed by atoms with Crippen LogP contribution in [0.4, 0.5) is 0 Å².